The molecule has 1 heterocycles. The summed E-state index contributed by atoms with van der Waals surface area (Å²) in [4.78, 5) is 0.162. The Kier molecular flexibility index (Phi) is 3.35. The Balaban J connectivity index is 2.08. The van der Waals surface area contributed by atoms with Crippen LogP contribution in [0.15, 0.2) is 47.5 Å². The zero-order chi connectivity index (χ0) is 15.0. The van der Waals surface area contributed by atoms with Gasteiger partial charge in [-0.2, -0.15) is 5.10 Å². The van der Waals surface area contributed by atoms with Crippen molar-refractivity contribution in [3.63, 3.8) is 0 Å². The minimum Gasteiger partial charge on any atom is -0.279 e. The fraction of sp³-hybridized carbons (Fsp3) is 0.0714. The van der Waals surface area contributed by atoms with E-state index in [1.807, 2.05) is 6.07 Å². The molecule has 0 saturated heterocycles. The highest BCUT2D eigenvalue weighted by Gasteiger charge is 2.18. The van der Waals surface area contributed by atoms with E-state index in [0.29, 0.717) is 21.7 Å². The highest BCUT2D eigenvalue weighted by molar-refractivity contribution is 7.92. The van der Waals surface area contributed by atoms with Gasteiger partial charge in [-0.15, -0.1) is 0 Å². The number of halogens is 1. The smallest absolute Gasteiger partial charge is 0.262 e. The van der Waals surface area contributed by atoms with E-state index >= 15 is 0 Å². The van der Waals surface area contributed by atoms with E-state index in [0.717, 1.165) is 5.52 Å². The van der Waals surface area contributed by atoms with Gasteiger partial charge >= 0.3 is 0 Å². The largest absolute Gasteiger partial charge is 0.279 e. The summed E-state index contributed by atoms with van der Waals surface area (Å²) < 4.78 is 27.7. The monoisotopic (exact) mass is 321 g/mol. The lowest BCUT2D eigenvalue weighted by molar-refractivity contribution is 0.600. The quantitative estimate of drug-likeness (QED) is 0.777. The summed E-state index contributed by atoms with van der Waals surface area (Å²) in [5, 5.41) is 7.80. The Hall–Kier alpha value is -2.05. The number of hydrogen-bond acceptors (Lipinski definition) is 3. The van der Waals surface area contributed by atoms with Crippen molar-refractivity contribution in [3.8, 4) is 0 Å². The molecule has 2 N–H and O–H groups in total. The van der Waals surface area contributed by atoms with Crippen molar-refractivity contribution in [2.45, 2.75) is 11.8 Å². The number of nitrogens with one attached hydrogen (secondary N) is 2. The number of hydrogen-bond donors (Lipinski definition) is 2. The summed E-state index contributed by atoms with van der Waals surface area (Å²) in [6, 6.07) is 10.0. The molecule has 3 rings (SSSR count). The van der Waals surface area contributed by atoms with Gasteiger partial charge in [0, 0.05) is 10.4 Å². The van der Waals surface area contributed by atoms with E-state index in [1.165, 1.54) is 6.07 Å². The van der Waals surface area contributed by atoms with E-state index in [-0.39, 0.29) is 4.90 Å². The molecule has 0 saturated carbocycles. The van der Waals surface area contributed by atoms with E-state index in [2.05, 4.69) is 14.9 Å². The van der Waals surface area contributed by atoms with Crippen LogP contribution in [0.2, 0.25) is 5.02 Å². The maximum Gasteiger partial charge on any atom is 0.262 e. The average Bonchev–Trinajstić information content (AvgIpc) is 2.90. The van der Waals surface area contributed by atoms with Gasteiger partial charge in [0.25, 0.3) is 10.0 Å². The Bertz CT molecular complexity index is 919. The number of benzene rings is 2. The summed E-state index contributed by atoms with van der Waals surface area (Å²) in [7, 11) is -3.71. The van der Waals surface area contributed by atoms with Crippen molar-refractivity contribution in [1.82, 2.24) is 10.2 Å². The third-order valence-corrected chi connectivity index (χ3v) is 4.91. The lowest BCUT2D eigenvalue weighted by atomic mass is 10.2. The summed E-state index contributed by atoms with van der Waals surface area (Å²) in [5.41, 5.74) is 1.87. The number of nitrogens with zero attached hydrogens (tertiary/aromatic N) is 1. The normalized spacial score (nSPS) is 11.7. The number of anilines is 1. The predicted octanol–water partition coefficient (Wildman–Crippen LogP) is 3.33. The Morgan fingerprint density at radius 3 is 2.86 bits per heavy atom. The molecule has 21 heavy (non-hydrogen) atoms. The summed E-state index contributed by atoms with van der Waals surface area (Å²) in [5.74, 6) is 0. The molecule has 0 bridgehead atoms. The molecule has 7 heteroatoms. The molecule has 0 aliphatic heterocycles. The molecular formula is C14H12ClN3O2S. The zero-order valence-electron chi connectivity index (χ0n) is 11.1. The van der Waals surface area contributed by atoms with Gasteiger partial charge in [0.05, 0.1) is 22.3 Å². The van der Waals surface area contributed by atoms with Crippen molar-refractivity contribution >= 4 is 38.2 Å². The fourth-order valence-electron chi connectivity index (χ4n) is 2.12. The molecule has 108 valence electrons. The van der Waals surface area contributed by atoms with Gasteiger partial charge in [-0.25, -0.2) is 8.42 Å². The van der Waals surface area contributed by atoms with E-state index in [4.69, 9.17) is 11.6 Å². The SMILES string of the molecule is Cc1ccc(Cl)cc1S(=O)(=O)Nc1cccc2[nH]ncc12. The van der Waals surface area contributed by atoms with Gasteiger partial charge in [-0.1, -0.05) is 23.7 Å². The third-order valence-electron chi connectivity index (χ3n) is 3.17. The molecule has 0 atom stereocenters. The molecule has 1 aromatic heterocycles. The first kappa shape index (κ1) is 13.9. The molecule has 0 fully saturated rings. The second-order valence-electron chi connectivity index (χ2n) is 4.65. The fourth-order valence-corrected chi connectivity index (χ4v) is 3.71. The van der Waals surface area contributed by atoms with Crippen molar-refractivity contribution in [2.75, 3.05) is 4.72 Å². The topological polar surface area (TPSA) is 74.8 Å². The van der Waals surface area contributed by atoms with E-state index in [1.54, 1.807) is 37.4 Å². The highest BCUT2D eigenvalue weighted by Crippen LogP contribution is 2.26. The van der Waals surface area contributed by atoms with Crippen LogP contribution in [-0.4, -0.2) is 18.6 Å². The Labute approximate surface area is 127 Å². The number of aryl methyl sites for hydroxylation is 1. The van der Waals surface area contributed by atoms with Crippen LogP contribution in [0.4, 0.5) is 5.69 Å². The Morgan fingerprint density at radius 2 is 2.05 bits per heavy atom. The Morgan fingerprint density at radius 1 is 1.24 bits per heavy atom. The zero-order valence-corrected chi connectivity index (χ0v) is 12.7. The first-order valence-corrected chi connectivity index (χ1v) is 8.04. The molecule has 5 nitrogen and oxygen atoms in total. The van der Waals surface area contributed by atoms with Crippen LogP contribution in [0.25, 0.3) is 10.9 Å². The number of fused-ring (bicyclic) bond motifs is 1. The third kappa shape index (κ3) is 2.59. The average molecular weight is 322 g/mol. The molecule has 0 unspecified atom stereocenters. The molecule has 0 amide bonds. The van der Waals surface area contributed by atoms with Gasteiger partial charge in [0.2, 0.25) is 0 Å². The number of rotatable bonds is 3. The number of aromatic nitrogens is 2. The van der Waals surface area contributed by atoms with Gasteiger partial charge in [0.15, 0.2) is 0 Å². The van der Waals surface area contributed by atoms with Crippen LogP contribution >= 0.6 is 11.6 Å². The van der Waals surface area contributed by atoms with Gasteiger partial charge < -0.3 is 0 Å². The van der Waals surface area contributed by atoms with Gasteiger partial charge in [-0.05, 0) is 36.8 Å². The van der Waals surface area contributed by atoms with Gasteiger partial charge in [0.1, 0.15) is 0 Å². The molecular weight excluding hydrogens is 310 g/mol. The minimum absolute atomic E-state index is 0.162. The molecule has 0 spiro atoms. The first-order valence-electron chi connectivity index (χ1n) is 6.18. The molecule has 2 aromatic carbocycles. The standard InChI is InChI=1S/C14H12ClN3O2S/c1-9-5-6-10(15)7-14(9)21(19,20)18-13-4-2-3-12-11(13)8-16-17-12/h2-8,18H,1H3,(H,16,17). The number of H-pyrrole nitrogens is 1. The van der Waals surface area contributed by atoms with Crippen LogP contribution in [0, 0.1) is 6.92 Å². The van der Waals surface area contributed by atoms with Crippen LogP contribution < -0.4 is 4.72 Å². The molecule has 0 aliphatic rings. The lowest BCUT2D eigenvalue weighted by Crippen LogP contribution is -2.14. The van der Waals surface area contributed by atoms with Crippen LogP contribution in [0.3, 0.4) is 0 Å². The van der Waals surface area contributed by atoms with Crippen molar-refractivity contribution in [1.29, 1.82) is 0 Å². The van der Waals surface area contributed by atoms with Crippen molar-refractivity contribution in [2.24, 2.45) is 0 Å². The maximum atomic E-state index is 12.5. The second kappa shape index (κ2) is 5.05. The highest BCUT2D eigenvalue weighted by atomic mass is 35.5. The number of aromatic amines is 1. The van der Waals surface area contributed by atoms with Crippen molar-refractivity contribution < 1.29 is 8.42 Å². The second-order valence-corrected chi connectivity index (χ2v) is 6.74. The number of sulfonamides is 1. The first-order chi connectivity index (χ1) is 9.97. The minimum atomic E-state index is -3.71. The van der Waals surface area contributed by atoms with E-state index < -0.39 is 10.0 Å². The molecule has 0 aliphatic carbocycles. The van der Waals surface area contributed by atoms with E-state index in [9.17, 15) is 8.42 Å². The van der Waals surface area contributed by atoms with Crippen LogP contribution in [0.5, 0.6) is 0 Å². The maximum absolute atomic E-state index is 12.5. The lowest BCUT2D eigenvalue weighted by Gasteiger charge is -2.11. The molecule has 3 aromatic rings. The van der Waals surface area contributed by atoms with Crippen molar-refractivity contribution in [3.05, 3.63) is 53.2 Å². The molecule has 0 radical (unpaired) electrons. The predicted molar refractivity (Wildman–Crippen MR) is 83.1 cm³/mol. The van der Waals surface area contributed by atoms with Gasteiger partial charge in [-0.3, -0.25) is 9.82 Å². The summed E-state index contributed by atoms with van der Waals surface area (Å²) in [6.07, 6.45) is 1.58. The summed E-state index contributed by atoms with van der Waals surface area (Å²) >= 11 is 5.90. The summed E-state index contributed by atoms with van der Waals surface area (Å²) in [6.45, 7) is 1.73. The van der Waals surface area contributed by atoms with Crippen LogP contribution in [-0.2, 0) is 10.0 Å². The van der Waals surface area contributed by atoms with Crippen LogP contribution in [0.1, 0.15) is 5.56 Å².